The van der Waals surface area contributed by atoms with Crippen molar-refractivity contribution in [2.75, 3.05) is 19.8 Å². The van der Waals surface area contributed by atoms with Gasteiger partial charge in [0.15, 0.2) is 0 Å². The van der Waals surface area contributed by atoms with E-state index in [9.17, 15) is 4.79 Å². The van der Waals surface area contributed by atoms with Gasteiger partial charge >= 0.3 is 0 Å². The summed E-state index contributed by atoms with van der Waals surface area (Å²) in [7, 11) is 1.89. The number of amides is 1. The molecule has 1 atom stereocenters. The Morgan fingerprint density at radius 2 is 2.39 bits per heavy atom. The first kappa shape index (κ1) is 12.0. The number of halogens is 1. The molecule has 18 heavy (non-hydrogen) atoms. The predicted molar refractivity (Wildman–Crippen MR) is 66.3 cm³/mol. The Labute approximate surface area is 111 Å². The Balaban J connectivity index is 1.77. The zero-order valence-corrected chi connectivity index (χ0v) is 11.1. The van der Waals surface area contributed by atoms with Crippen LogP contribution in [0.25, 0.3) is 0 Å². The Morgan fingerprint density at radius 3 is 3.11 bits per heavy atom. The van der Waals surface area contributed by atoms with Crippen LogP contribution < -0.4 is 0 Å². The summed E-state index contributed by atoms with van der Waals surface area (Å²) >= 11 is 6.00. The van der Waals surface area contributed by atoms with Gasteiger partial charge in [-0.05, 0) is 18.0 Å². The van der Waals surface area contributed by atoms with Crippen LogP contribution in [-0.4, -0.2) is 40.1 Å². The molecule has 2 aliphatic heterocycles. The third-order valence-electron chi connectivity index (χ3n) is 3.79. The second kappa shape index (κ2) is 4.55. The van der Waals surface area contributed by atoms with Crippen molar-refractivity contribution < 1.29 is 9.53 Å². The number of aromatic nitrogens is 2. The summed E-state index contributed by atoms with van der Waals surface area (Å²) in [5.41, 5.74) is 2.08. The van der Waals surface area contributed by atoms with Crippen LogP contribution in [0.4, 0.5) is 0 Å². The molecule has 1 aromatic heterocycles. The van der Waals surface area contributed by atoms with Crippen LogP contribution in [0.5, 0.6) is 0 Å². The Hall–Kier alpha value is -1.07. The van der Waals surface area contributed by atoms with Gasteiger partial charge in [0, 0.05) is 26.6 Å². The molecule has 0 bridgehead atoms. The first-order valence-corrected chi connectivity index (χ1v) is 6.61. The molecular formula is C12H16ClN3O2. The molecular weight excluding hydrogens is 254 g/mol. The van der Waals surface area contributed by atoms with E-state index in [0.717, 1.165) is 30.8 Å². The molecule has 0 aromatic carbocycles. The van der Waals surface area contributed by atoms with Gasteiger partial charge in [-0.15, -0.1) is 0 Å². The maximum atomic E-state index is 12.3. The fraction of sp³-hybridized carbons (Fsp3) is 0.667. The number of nitrogens with zero attached hydrogens (tertiary/aromatic N) is 3. The van der Waals surface area contributed by atoms with Crippen molar-refractivity contribution in [2.45, 2.75) is 19.4 Å². The van der Waals surface area contributed by atoms with Gasteiger partial charge < -0.3 is 14.2 Å². The zero-order chi connectivity index (χ0) is 12.7. The summed E-state index contributed by atoms with van der Waals surface area (Å²) in [6.45, 7) is 2.61. The average molecular weight is 270 g/mol. The standard InChI is InChI=1S/C12H16ClN3O2/c1-15-10-6-16(4-2-9(10)14-12(15)13)11(17)8-3-5-18-7-8/h8H,2-7H2,1H3. The number of imidazole rings is 1. The van der Waals surface area contributed by atoms with Gasteiger partial charge in [-0.3, -0.25) is 4.79 Å². The fourth-order valence-corrected chi connectivity index (χ4v) is 2.83. The highest BCUT2D eigenvalue weighted by Gasteiger charge is 2.31. The normalized spacial score (nSPS) is 23.2. The van der Waals surface area contributed by atoms with E-state index in [2.05, 4.69) is 4.98 Å². The molecule has 1 aromatic rings. The molecule has 0 spiro atoms. The third kappa shape index (κ3) is 1.91. The number of fused-ring (bicyclic) bond motifs is 1. The lowest BCUT2D eigenvalue weighted by atomic mass is 10.0. The van der Waals surface area contributed by atoms with Crippen molar-refractivity contribution in [1.29, 1.82) is 0 Å². The van der Waals surface area contributed by atoms with Crippen LogP contribution in [0.2, 0.25) is 5.28 Å². The lowest BCUT2D eigenvalue weighted by Gasteiger charge is -2.29. The molecule has 5 nitrogen and oxygen atoms in total. The molecule has 0 aliphatic carbocycles. The van der Waals surface area contributed by atoms with E-state index >= 15 is 0 Å². The molecule has 2 aliphatic rings. The van der Waals surface area contributed by atoms with E-state index in [1.165, 1.54) is 0 Å². The lowest BCUT2D eigenvalue weighted by molar-refractivity contribution is -0.136. The van der Waals surface area contributed by atoms with Gasteiger partial charge in [0.25, 0.3) is 0 Å². The number of ether oxygens (including phenoxy) is 1. The van der Waals surface area contributed by atoms with Gasteiger partial charge in [0.05, 0.1) is 30.5 Å². The number of hydrogen-bond donors (Lipinski definition) is 0. The van der Waals surface area contributed by atoms with Gasteiger partial charge in [0.1, 0.15) is 0 Å². The van der Waals surface area contributed by atoms with Gasteiger partial charge in [-0.2, -0.15) is 0 Å². The molecule has 3 rings (SSSR count). The number of carbonyl (C=O) groups is 1. The van der Waals surface area contributed by atoms with Crippen LogP contribution in [0.15, 0.2) is 0 Å². The minimum absolute atomic E-state index is 0.0373. The first-order valence-electron chi connectivity index (χ1n) is 6.23. The van der Waals surface area contributed by atoms with Crippen LogP contribution >= 0.6 is 11.6 Å². The minimum atomic E-state index is 0.0373. The van der Waals surface area contributed by atoms with Crippen molar-refractivity contribution in [3.8, 4) is 0 Å². The SMILES string of the molecule is Cn1c(Cl)nc2c1CN(C(=O)C1CCOC1)CC2. The molecule has 1 amide bonds. The summed E-state index contributed by atoms with van der Waals surface area (Å²) in [6.07, 6.45) is 1.63. The van der Waals surface area contributed by atoms with Crippen molar-refractivity contribution in [3.05, 3.63) is 16.7 Å². The monoisotopic (exact) mass is 269 g/mol. The summed E-state index contributed by atoms with van der Waals surface area (Å²) in [4.78, 5) is 18.5. The van der Waals surface area contributed by atoms with Gasteiger partial charge in [0.2, 0.25) is 11.2 Å². The van der Waals surface area contributed by atoms with Crippen molar-refractivity contribution in [3.63, 3.8) is 0 Å². The second-order valence-corrected chi connectivity index (χ2v) is 5.24. The molecule has 3 heterocycles. The minimum Gasteiger partial charge on any atom is -0.381 e. The van der Waals surface area contributed by atoms with E-state index in [1.807, 2.05) is 16.5 Å². The summed E-state index contributed by atoms with van der Waals surface area (Å²) in [6, 6.07) is 0. The first-order chi connectivity index (χ1) is 8.66. The highest BCUT2D eigenvalue weighted by molar-refractivity contribution is 6.28. The molecule has 1 unspecified atom stereocenters. The fourth-order valence-electron chi connectivity index (χ4n) is 2.63. The molecule has 1 fully saturated rings. The Morgan fingerprint density at radius 1 is 1.56 bits per heavy atom. The highest BCUT2D eigenvalue weighted by Crippen LogP contribution is 2.24. The summed E-state index contributed by atoms with van der Waals surface area (Å²) in [5, 5.41) is 0.499. The average Bonchev–Trinajstić information content (AvgIpc) is 2.99. The summed E-state index contributed by atoms with van der Waals surface area (Å²) < 4.78 is 7.14. The van der Waals surface area contributed by atoms with E-state index in [-0.39, 0.29) is 11.8 Å². The zero-order valence-electron chi connectivity index (χ0n) is 10.4. The van der Waals surface area contributed by atoms with E-state index < -0.39 is 0 Å². The third-order valence-corrected chi connectivity index (χ3v) is 4.13. The predicted octanol–water partition coefficient (Wildman–Crippen LogP) is 0.995. The van der Waals surface area contributed by atoms with Crippen molar-refractivity contribution >= 4 is 17.5 Å². The Kier molecular flexibility index (Phi) is 3.03. The van der Waals surface area contributed by atoms with E-state index in [1.54, 1.807) is 0 Å². The maximum Gasteiger partial charge on any atom is 0.228 e. The number of hydrogen-bond acceptors (Lipinski definition) is 3. The molecule has 0 saturated carbocycles. The molecule has 98 valence electrons. The molecule has 0 radical (unpaired) electrons. The Bertz CT molecular complexity index is 480. The van der Waals surface area contributed by atoms with E-state index in [0.29, 0.717) is 25.0 Å². The molecule has 1 saturated heterocycles. The largest absolute Gasteiger partial charge is 0.381 e. The molecule has 0 N–H and O–H groups in total. The molecule has 6 heteroatoms. The lowest BCUT2D eigenvalue weighted by Crippen LogP contribution is -2.40. The van der Waals surface area contributed by atoms with Crippen LogP contribution in [0.1, 0.15) is 17.8 Å². The quantitative estimate of drug-likeness (QED) is 0.764. The second-order valence-electron chi connectivity index (χ2n) is 4.90. The van der Waals surface area contributed by atoms with Gasteiger partial charge in [-0.1, -0.05) is 0 Å². The van der Waals surface area contributed by atoms with E-state index in [4.69, 9.17) is 16.3 Å². The van der Waals surface area contributed by atoms with Crippen LogP contribution in [-0.2, 0) is 29.5 Å². The number of rotatable bonds is 1. The van der Waals surface area contributed by atoms with Gasteiger partial charge in [-0.25, -0.2) is 4.98 Å². The van der Waals surface area contributed by atoms with Crippen LogP contribution in [0, 0.1) is 5.92 Å². The van der Waals surface area contributed by atoms with Crippen LogP contribution in [0.3, 0.4) is 0 Å². The van der Waals surface area contributed by atoms with Crippen molar-refractivity contribution in [1.82, 2.24) is 14.5 Å². The summed E-state index contributed by atoms with van der Waals surface area (Å²) in [5.74, 6) is 0.241. The smallest absolute Gasteiger partial charge is 0.228 e. The maximum absolute atomic E-state index is 12.3. The highest BCUT2D eigenvalue weighted by atomic mass is 35.5. The van der Waals surface area contributed by atoms with Crippen molar-refractivity contribution in [2.24, 2.45) is 13.0 Å². The topological polar surface area (TPSA) is 47.4 Å². The number of carbonyl (C=O) groups excluding carboxylic acids is 1.